The third-order valence-corrected chi connectivity index (χ3v) is 6.49. The predicted molar refractivity (Wildman–Crippen MR) is 102 cm³/mol. The van der Waals surface area contributed by atoms with Crippen LogP contribution in [-0.4, -0.2) is 54.0 Å². The number of nitrogens with one attached hydrogen (secondary N) is 2. The molecule has 2 aliphatic heterocycles. The predicted octanol–water partition coefficient (Wildman–Crippen LogP) is 1.75. The Morgan fingerprint density at radius 2 is 2.07 bits per heavy atom. The van der Waals surface area contributed by atoms with Crippen molar-refractivity contribution in [3.8, 4) is 0 Å². The van der Waals surface area contributed by atoms with E-state index in [2.05, 4.69) is 5.32 Å². The lowest BCUT2D eigenvalue weighted by atomic mass is 9.77. The molecule has 1 saturated heterocycles. The highest BCUT2D eigenvalue weighted by atomic mass is 19.1. The maximum absolute atomic E-state index is 14.2. The van der Waals surface area contributed by atoms with E-state index in [0.717, 1.165) is 25.0 Å². The molecule has 7 heteroatoms. The van der Waals surface area contributed by atoms with E-state index in [0.29, 0.717) is 24.9 Å². The third-order valence-electron chi connectivity index (χ3n) is 6.49. The highest BCUT2D eigenvalue weighted by Gasteiger charge is 2.55. The van der Waals surface area contributed by atoms with E-state index < -0.39 is 23.9 Å². The highest BCUT2D eigenvalue weighted by Crippen LogP contribution is 2.54. The SMILES string of the molecule is CN1CC2(CC2)C[C@H](C(=O)NO)[C@H]1C(=O)C1CC(c2ccccc2F)=CCN1. The zero-order chi connectivity index (χ0) is 19.9. The van der Waals surface area contributed by atoms with E-state index in [4.69, 9.17) is 0 Å². The van der Waals surface area contributed by atoms with Crippen LogP contribution in [0.3, 0.4) is 0 Å². The molecule has 1 aliphatic carbocycles. The number of nitrogens with zero attached hydrogens (tertiary/aromatic N) is 1. The molecule has 1 amide bonds. The van der Waals surface area contributed by atoms with Gasteiger partial charge in [-0.25, -0.2) is 9.87 Å². The summed E-state index contributed by atoms with van der Waals surface area (Å²) in [7, 11) is 1.87. The summed E-state index contributed by atoms with van der Waals surface area (Å²) in [5.74, 6) is -1.46. The van der Waals surface area contributed by atoms with Gasteiger partial charge in [0.05, 0.1) is 18.0 Å². The van der Waals surface area contributed by atoms with Crippen LogP contribution in [0, 0.1) is 17.2 Å². The zero-order valence-electron chi connectivity index (χ0n) is 16.0. The van der Waals surface area contributed by atoms with Crippen LogP contribution in [0.25, 0.3) is 5.57 Å². The molecule has 3 N–H and O–H groups in total. The second-order valence-corrected chi connectivity index (χ2v) is 8.42. The number of piperidine rings is 1. The molecule has 0 aromatic heterocycles. The molecule has 4 rings (SSSR count). The van der Waals surface area contributed by atoms with Crippen molar-refractivity contribution in [2.24, 2.45) is 11.3 Å². The molecular weight excluding hydrogens is 361 g/mol. The van der Waals surface area contributed by atoms with Crippen LogP contribution >= 0.6 is 0 Å². The molecule has 2 fully saturated rings. The minimum Gasteiger partial charge on any atom is -0.304 e. The van der Waals surface area contributed by atoms with E-state index in [9.17, 15) is 19.2 Å². The van der Waals surface area contributed by atoms with Gasteiger partial charge in [0.15, 0.2) is 5.78 Å². The number of halogens is 1. The molecule has 1 spiro atoms. The number of ketones is 1. The maximum Gasteiger partial charge on any atom is 0.248 e. The fourth-order valence-electron chi connectivity index (χ4n) is 4.90. The molecule has 0 radical (unpaired) electrons. The van der Waals surface area contributed by atoms with Gasteiger partial charge in [-0.2, -0.15) is 0 Å². The number of hydroxylamine groups is 1. The van der Waals surface area contributed by atoms with E-state index in [-0.39, 0.29) is 17.0 Å². The fourth-order valence-corrected chi connectivity index (χ4v) is 4.90. The quantitative estimate of drug-likeness (QED) is 0.542. The maximum atomic E-state index is 14.2. The lowest BCUT2D eigenvalue weighted by molar-refractivity contribution is -0.145. The van der Waals surface area contributed by atoms with Crippen molar-refractivity contribution < 1.29 is 19.2 Å². The Bertz CT molecular complexity index is 821. The summed E-state index contributed by atoms with van der Waals surface area (Å²) < 4.78 is 14.2. The first kappa shape index (κ1) is 19.2. The molecule has 1 aromatic rings. The topological polar surface area (TPSA) is 81.7 Å². The van der Waals surface area contributed by atoms with Crippen LogP contribution in [0.5, 0.6) is 0 Å². The Kier molecular flexibility index (Phi) is 5.07. The van der Waals surface area contributed by atoms with Crippen LogP contribution in [0.1, 0.15) is 31.2 Å². The largest absolute Gasteiger partial charge is 0.304 e. The number of likely N-dealkylation sites (N-methyl/N-ethyl adjacent to an activating group) is 1. The van der Waals surface area contributed by atoms with E-state index in [1.54, 1.807) is 23.7 Å². The number of carbonyl (C=O) groups is 2. The fraction of sp³-hybridized carbons (Fsp3) is 0.524. The lowest BCUT2D eigenvalue weighted by Crippen LogP contribution is -2.60. The van der Waals surface area contributed by atoms with Crippen LogP contribution in [0.2, 0.25) is 0 Å². The number of hydrogen-bond donors (Lipinski definition) is 3. The summed E-state index contributed by atoms with van der Waals surface area (Å²) in [6.07, 6.45) is 5.00. The van der Waals surface area contributed by atoms with Crippen molar-refractivity contribution in [1.29, 1.82) is 0 Å². The molecule has 150 valence electrons. The smallest absolute Gasteiger partial charge is 0.248 e. The second kappa shape index (κ2) is 7.39. The van der Waals surface area contributed by atoms with Crippen molar-refractivity contribution in [2.75, 3.05) is 20.1 Å². The second-order valence-electron chi connectivity index (χ2n) is 8.42. The van der Waals surface area contributed by atoms with Gasteiger partial charge >= 0.3 is 0 Å². The molecule has 1 saturated carbocycles. The molecule has 1 unspecified atom stereocenters. The number of likely N-dealkylation sites (tertiary alicyclic amines) is 1. The molecule has 3 aliphatic rings. The van der Waals surface area contributed by atoms with Gasteiger partial charge < -0.3 is 5.32 Å². The molecule has 3 atom stereocenters. The van der Waals surface area contributed by atoms with E-state index in [1.807, 2.05) is 18.0 Å². The average molecular weight is 387 g/mol. The van der Waals surface area contributed by atoms with Crippen molar-refractivity contribution in [3.05, 3.63) is 41.7 Å². The first-order valence-electron chi connectivity index (χ1n) is 9.79. The monoisotopic (exact) mass is 387 g/mol. The van der Waals surface area contributed by atoms with E-state index in [1.165, 1.54) is 6.07 Å². The molecule has 0 bridgehead atoms. The number of benzene rings is 1. The molecule has 6 nitrogen and oxygen atoms in total. The number of rotatable bonds is 4. The van der Waals surface area contributed by atoms with Crippen molar-refractivity contribution in [2.45, 2.75) is 37.8 Å². The van der Waals surface area contributed by atoms with Gasteiger partial charge in [-0.3, -0.25) is 19.7 Å². The Morgan fingerprint density at radius 1 is 1.32 bits per heavy atom. The van der Waals surface area contributed by atoms with E-state index >= 15 is 0 Å². The van der Waals surface area contributed by atoms with Gasteiger partial charge in [-0.1, -0.05) is 24.3 Å². The van der Waals surface area contributed by atoms with Gasteiger partial charge in [0, 0.05) is 18.7 Å². The first-order chi connectivity index (χ1) is 13.4. The van der Waals surface area contributed by atoms with Crippen molar-refractivity contribution in [3.63, 3.8) is 0 Å². The minimum atomic E-state index is -0.601. The molecule has 28 heavy (non-hydrogen) atoms. The van der Waals surface area contributed by atoms with Crippen LogP contribution in [-0.2, 0) is 9.59 Å². The number of hydrogen-bond acceptors (Lipinski definition) is 5. The molecule has 2 heterocycles. The third kappa shape index (κ3) is 3.50. The first-order valence-corrected chi connectivity index (χ1v) is 9.79. The minimum absolute atomic E-state index is 0.0754. The standard InChI is InChI=1S/C21H26FN3O3/c1-25-12-21(7-8-21)11-15(20(27)24-28)18(25)19(26)17-10-13(6-9-23-17)14-4-2-3-5-16(14)22/h2-6,15,17-18,23,28H,7-12H2,1H3,(H,24,27)/t15-,17?,18-/m0/s1. The molecular formula is C21H26FN3O3. The zero-order valence-corrected chi connectivity index (χ0v) is 16.0. The Labute approximate surface area is 163 Å². The number of carbonyl (C=O) groups excluding carboxylic acids is 2. The van der Waals surface area contributed by atoms with Crippen LogP contribution < -0.4 is 10.8 Å². The summed E-state index contributed by atoms with van der Waals surface area (Å²) in [5.41, 5.74) is 3.17. The van der Waals surface area contributed by atoms with Crippen molar-refractivity contribution >= 4 is 17.3 Å². The number of amides is 1. The summed E-state index contributed by atoms with van der Waals surface area (Å²) in [6.45, 7) is 1.25. The average Bonchev–Trinajstić information content (AvgIpc) is 3.45. The molecule has 1 aromatic carbocycles. The summed E-state index contributed by atoms with van der Waals surface area (Å²) in [5, 5.41) is 12.4. The highest BCUT2D eigenvalue weighted by molar-refractivity contribution is 5.96. The summed E-state index contributed by atoms with van der Waals surface area (Å²) in [4.78, 5) is 27.7. The number of Topliss-reactive ketones (excluding diaryl/α,β-unsaturated/α-hetero) is 1. The normalized spacial score (nSPS) is 29.2. The van der Waals surface area contributed by atoms with Gasteiger partial charge in [0.1, 0.15) is 5.82 Å². The van der Waals surface area contributed by atoms with Gasteiger partial charge in [0.2, 0.25) is 5.91 Å². The van der Waals surface area contributed by atoms with Gasteiger partial charge in [-0.15, -0.1) is 0 Å². The van der Waals surface area contributed by atoms with Crippen molar-refractivity contribution in [1.82, 2.24) is 15.7 Å². The Morgan fingerprint density at radius 3 is 2.75 bits per heavy atom. The lowest BCUT2D eigenvalue weighted by Gasteiger charge is -2.43. The van der Waals surface area contributed by atoms with Gasteiger partial charge in [-0.05, 0) is 49.8 Å². The summed E-state index contributed by atoms with van der Waals surface area (Å²) in [6, 6.07) is 5.47. The van der Waals surface area contributed by atoms with Crippen LogP contribution in [0.15, 0.2) is 30.3 Å². The Balaban J connectivity index is 1.55. The van der Waals surface area contributed by atoms with Gasteiger partial charge in [0.25, 0.3) is 0 Å². The Hall–Kier alpha value is -2.09. The van der Waals surface area contributed by atoms with Crippen LogP contribution in [0.4, 0.5) is 4.39 Å². The summed E-state index contributed by atoms with van der Waals surface area (Å²) >= 11 is 0.